The van der Waals surface area contributed by atoms with Gasteiger partial charge in [-0.1, -0.05) is 18.2 Å². The van der Waals surface area contributed by atoms with Crippen LogP contribution in [0.25, 0.3) is 10.9 Å². The van der Waals surface area contributed by atoms with Gasteiger partial charge in [0.15, 0.2) is 0 Å². The van der Waals surface area contributed by atoms with E-state index in [1.165, 1.54) is 6.20 Å². The van der Waals surface area contributed by atoms with Crippen molar-refractivity contribution in [1.82, 2.24) is 25.1 Å². The van der Waals surface area contributed by atoms with Crippen LogP contribution in [0.5, 0.6) is 0 Å². The highest BCUT2D eigenvalue weighted by molar-refractivity contribution is 5.99. The summed E-state index contributed by atoms with van der Waals surface area (Å²) >= 11 is 0. The molecular weight excluding hydrogens is 382 g/mol. The Morgan fingerprint density at radius 3 is 2.83 bits per heavy atom. The lowest BCUT2D eigenvalue weighted by atomic mass is 9.98. The first-order valence-corrected chi connectivity index (χ1v) is 9.97. The minimum absolute atomic E-state index is 0.0987. The maximum Gasteiger partial charge on any atom is 0.255 e. The summed E-state index contributed by atoms with van der Waals surface area (Å²) in [6.07, 6.45) is 5.44. The van der Waals surface area contributed by atoms with Crippen LogP contribution in [0, 0.1) is 0 Å². The second-order valence-electron chi connectivity index (χ2n) is 7.67. The average Bonchev–Trinajstić information content (AvgIpc) is 3.20. The molecule has 0 unspecified atom stereocenters. The predicted octanol–water partition coefficient (Wildman–Crippen LogP) is 0.957. The van der Waals surface area contributed by atoms with E-state index >= 15 is 0 Å². The largest absolute Gasteiger partial charge is 0.361 e. The number of amides is 3. The van der Waals surface area contributed by atoms with Crippen molar-refractivity contribution in [2.45, 2.75) is 18.5 Å². The third kappa shape index (κ3) is 3.10. The lowest BCUT2D eigenvalue weighted by Crippen LogP contribution is -2.70. The zero-order chi connectivity index (χ0) is 20.7. The number of aromatic amines is 1. The molecule has 0 radical (unpaired) electrons. The number of nitrogens with one attached hydrogen (secondary N) is 2. The molecule has 1 aromatic carbocycles. The number of pyridine rings is 1. The fraction of sp³-hybridized carbons (Fsp3) is 0.273. The van der Waals surface area contributed by atoms with Gasteiger partial charge in [0.05, 0.1) is 12.1 Å². The SMILES string of the molecule is O=C1N[C@H](Cc2c[nH]c3ccccc23)C(=O)N2CCN(C(=O)c3cccnc3)C[C@@H]12. The van der Waals surface area contributed by atoms with Gasteiger partial charge in [-0.05, 0) is 23.8 Å². The van der Waals surface area contributed by atoms with Crippen LogP contribution in [0.15, 0.2) is 55.0 Å². The van der Waals surface area contributed by atoms with Crippen molar-refractivity contribution in [1.29, 1.82) is 0 Å². The number of fused-ring (bicyclic) bond motifs is 2. The molecule has 2 N–H and O–H groups in total. The van der Waals surface area contributed by atoms with E-state index in [9.17, 15) is 14.4 Å². The molecule has 3 amide bonds. The Bertz CT molecular complexity index is 1130. The Balaban J connectivity index is 1.31. The van der Waals surface area contributed by atoms with Gasteiger partial charge in [-0.25, -0.2) is 0 Å². The van der Waals surface area contributed by atoms with Crippen LogP contribution >= 0.6 is 0 Å². The van der Waals surface area contributed by atoms with Crippen molar-refractivity contribution in [2.75, 3.05) is 19.6 Å². The smallest absolute Gasteiger partial charge is 0.255 e. The fourth-order valence-electron chi connectivity index (χ4n) is 4.32. The lowest BCUT2D eigenvalue weighted by Gasteiger charge is -2.45. The highest BCUT2D eigenvalue weighted by atomic mass is 16.2. The van der Waals surface area contributed by atoms with E-state index in [0.717, 1.165) is 16.5 Å². The first kappa shape index (κ1) is 18.4. The zero-order valence-electron chi connectivity index (χ0n) is 16.2. The van der Waals surface area contributed by atoms with Crippen LogP contribution in [-0.2, 0) is 16.0 Å². The normalized spacial score (nSPS) is 21.5. The van der Waals surface area contributed by atoms with E-state index in [0.29, 0.717) is 25.1 Å². The molecule has 2 saturated heterocycles. The van der Waals surface area contributed by atoms with Crippen molar-refractivity contribution in [2.24, 2.45) is 0 Å². The number of benzene rings is 1. The van der Waals surface area contributed by atoms with Gasteiger partial charge in [0.1, 0.15) is 12.1 Å². The second kappa shape index (κ2) is 7.29. The number of aromatic nitrogens is 2. The summed E-state index contributed by atoms with van der Waals surface area (Å²) in [7, 11) is 0. The minimum Gasteiger partial charge on any atom is -0.361 e. The van der Waals surface area contributed by atoms with Gasteiger partial charge in [-0.2, -0.15) is 0 Å². The Kier molecular flexibility index (Phi) is 4.46. The number of para-hydroxylation sites is 1. The number of carbonyl (C=O) groups excluding carboxylic acids is 3. The monoisotopic (exact) mass is 403 g/mol. The summed E-state index contributed by atoms with van der Waals surface area (Å²) < 4.78 is 0. The molecule has 8 nitrogen and oxygen atoms in total. The van der Waals surface area contributed by atoms with E-state index in [4.69, 9.17) is 0 Å². The third-order valence-electron chi connectivity index (χ3n) is 5.88. The highest BCUT2D eigenvalue weighted by Gasteiger charge is 2.44. The summed E-state index contributed by atoms with van der Waals surface area (Å²) in [5.41, 5.74) is 2.47. The second-order valence-corrected chi connectivity index (χ2v) is 7.67. The molecule has 2 aliphatic rings. The molecular formula is C22H21N5O3. The summed E-state index contributed by atoms with van der Waals surface area (Å²) in [5.74, 6) is -0.495. The highest BCUT2D eigenvalue weighted by Crippen LogP contribution is 2.23. The minimum atomic E-state index is -0.661. The molecule has 152 valence electrons. The lowest BCUT2D eigenvalue weighted by molar-refractivity contribution is -0.152. The van der Waals surface area contributed by atoms with Crippen molar-refractivity contribution in [3.63, 3.8) is 0 Å². The maximum absolute atomic E-state index is 13.1. The number of nitrogens with zero attached hydrogens (tertiary/aromatic N) is 3. The van der Waals surface area contributed by atoms with E-state index in [-0.39, 0.29) is 24.3 Å². The topological polar surface area (TPSA) is 98.4 Å². The van der Waals surface area contributed by atoms with Crippen molar-refractivity contribution in [3.05, 3.63) is 66.1 Å². The summed E-state index contributed by atoms with van der Waals surface area (Å²) in [4.78, 5) is 49.1. The van der Waals surface area contributed by atoms with Crippen LogP contribution in [0.4, 0.5) is 0 Å². The first-order chi connectivity index (χ1) is 14.6. The molecule has 0 saturated carbocycles. The molecule has 8 heteroatoms. The quantitative estimate of drug-likeness (QED) is 0.681. The summed E-state index contributed by atoms with van der Waals surface area (Å²) in [5, 5.41) is 3.92. The van der Waals surface area contributed by atoms with Crippen LogP contribution in [0.3, 0.4) is 0 Å². The molecule has 5 rings (SSSR count). The number of hydrogen-bond acceptors (Lipinski definition) is 4. The van der Waals surface area contributed by atoms with Gasteiger partial charge in [0.25, 0.3) is 5.91 Å². The number of carbonyl (C=O) groups is 3. The van der Waals surface area contributed by atoms with E-state index in [1.807, 2.05) is 30.5 Å². The van der Waals surface area contributed by atoms with Crippen molar-refractivity contribution < 1.29 is 14.4 Å². The Hall–Kier alpha value is -3.68. The predicted molar refractivity (Wildman–Crippen MR) is 110 cm³/mol. The molecule has 0 aliphatic carbocycles. The number of hydrogen-bond donors (Lipinski definition) is 2. The number of rotatable bonds is 3. The molecule has 4 heterocycles. The molecule has 2 aromatic heterocycles. The van der Waals surface area contributed by atoms with Gasteiger partial charge in [0, 0.05) is 49.0 Å². The van der Waals surface area contributed by atoms with Crippen LogP contribution in [-0.4, -0.2) is 69.2 Å². The first-order valence-electron chi connectivity index (χ1n) is 9.97. The van der Waals surface area contributed by atoms with E-state index < -0.39 is 12.1 Å². The van der Waals surface area contributed by atoms with Crippen molar-refractivity contribution in [3.8, 4) is 0 Å². The third-order valence-corrected chi connectivity index (χ3v) is 5.88. The number of H-pyrrole nitrogens is 1. The summed E-state index contributed by atoms with van der Waals surface area (Å²) in [6.45, 7) is 0.918. The van der Waals surface area contributed by atoms with Crippen LogP contribution in [0.2, 0.25) is 0 Å². The molecule has 0 spiro atoms. The fourth-order valence-corrected chi connectivity index (χ4v) is 4.32. The van der Waals surface area contributed by atoms with Gasteiger partial charge >= 0.3 is 0 Å². The van der Waals surface area contributed by atoms with Crippen LogP contribution < -0.4 is 5.32 Å². The maximum atomic E-state index is 13.1. The molecule has 2 aliphatic heterocycles. The summed E-state index contributed by atoms with van der Waals surface area (Å²) in [6, 6.07) is 10.0. The molecule has 2 fully saturated rings. The Labute approximate surface area is 172 Å². The van der Waals surface area contributed by atoms with Gasteiger partial charge in [0.2, 0.25) is 11.8 Å². The van der Waals surface area contributed by atoms with E-state index in [2.05, 4.69) is 15.3 Å². The Morgan fingerprint density at radius 2 is 2.00 bits per heavy atom. The number of piperazine rings is 2. The van der Waals surface area contributed by atoms with Gasteiger partial charge in [-0.15, -0.1) is 0 Å². The van der Waals surface area contributed by atoms with Crippen molar-refractivity contribution >= 4 is 28.6 Å². The standard InChI is InChI=1S/C22H21N5O3/c28-20-19-13-26(21(29)14-4-3-7-23-11-14)8-9-27(19)22(30)18(25-20)10-15-12-24-17-6-2-1-5-16(15)17/h1-7,11-12,18-19,24H,8-10,13H2,(H,25,28)/t18-,19+/m1/s1. The molecule has 0 bridgehead atoms. The van der Waals surface area contributed by atoms with E-state index in [1.54, 1.807) is 28.1 Å². The molecule has 3 aromatic rings. The molecule has 2 atom stereocenters. The van der Waals surface area contributed by atoms with Gasteiger partial charge in [-0.3, -0.25) is 19.4 Å². The molecule has 30 heavy (non-hydrogen) atoms. The van der Waals surface area contributed by atoms with Crippen LogP contribution in [0.1, 0.15) is 15.9 Å². The zero-order valence-corrected chi connectivity index (χ0v) is 16.2. The Morgan fingerprint density at radius 1 is 1.13 bits per heavy atom. The average molecular weight is 403 g/mol. The van der Waals surface area contributed by atoms with Gasteiger partial charge < -0.3 is 20.1 Å².